The van der Waals surface area contributed by atoms with Gasteiger partial charge in [-0.1, -0.05) is 0 Å². The molecular formula is C10H13BrN2S. The summed E-state index contributed by atoms with van der Waals surface area (Å²) in [4.78, 5) is 4.32. The van der Waals surface area contributed by atoms with Crippen LogP contribution in [0.1, 0.15) is 6.42 Å². The maximum atomic E-state index is 4.32. The fraction of sp³-hybridized carbons (Fsp3) is 0.500. The Morgan fingerprint density at radius 3 is 2.93 bits per heavy atom. The fourth-order valence-corrected chi connectivity index (χ4v) is 2.52. The Morgan fingerprint density at radius 2 is 2.36 bits per heavy atom. The maximum absolute atomic E-state index is 4.32. The Balaban J connectivity index is 1.71. The van der Waals surface area contributed by atoms with E-state index in [0.717, 1.165) is 15.4 Å². The number of halogens is 1. The molecule has 0 aliphatic carbocycles. The highest BCUT2D eigenvalue weighted by molar-refractivity contribution is 9.10. The van der Waals surface area contributed by atoms with Gasteiger partial charge in [0.25, 0.3) is 0 Å². The summed E-state index contributed by atoms with van der Waals surface area (Å²) < 4.78 is 1.05. The molecule has 0 saturated carbocycles. The lowest BCUT2D eigenvalue weighted by Gasteiger charge is -2.26. The van der Waals surface area contributed by atoms with Crippen LogP contribution in [0.2, 0.25) is 0 Å². The topological polar surface area (TPSA) is 24.9 Å². The molecule has 2 nitrogen and oxygen atoms in total. The number of pyridine rings is 1. The number of nitrogens with zero attached hydrogens (tertiary/aromatic N) is 1. The number of nitrogens with one attached hydrogen (secondary N) is 1. The molecule has 1 saturated heterocycles. The summed E-state index contributed by atoms with van der Waals surface area (Å²) in [6.45, 7) is 2.41. The predicted octanol–water partition coefficient (Wildman–Crippen LogP) is 2.55. The van der Waals surface area contributed by atoms with Crippen molar-refractivity contribution in [3.8, 4) is 0 Å². The molecular weight excluding hydrogens is 260 g/mol. The van der Waals surface area contributed by atoms with E-state index in [2.05, 4.69) is 32.3 Å². The third-order valence-corrected chi connectivity index (χ3v) is 3.79. The second kappa shape index (κ2) is 5.14. The average molecular weight is 273 g/mol. The third-order valence-electron chi connectivity index (χ3n) is 2.34. The molecule has 0 aromatic carbocycles. The normalized spacial score (nSPS) is 16.6. The van der Waals surface area contributed by atoms with Gasteiger partial charge in [0, 0.05) is 10.7 Å². The lowest BCUT2D eigenvalue weighted by Crippen LogP contribution is -2.42. The van der Waals surface area contributed by atoms with Gasteiger partial charge in [-0.15, -0.1) is 11.8 Å². The maximum Gasteiger partial charge on any atom is 0.0960 e. The summed E-state index contributed by atoms with van der Waals surface area (Å²) in [6.07, 6.45) is 3.16. The van der Waals surface area contributed by atoms with Gasteiger partial charge >= 0.3 is 0 Å². The predicted molar refractivity (Wildman–Crippen MR) is 63.6 cm³/mol. The molecule has 0 spiro atoms. The summed E-state index contributed by atoms with van der Waals surface area (Å²) >= 11 is 5.22. The van der Waals surface area contributed by atoms with Crippen LogP contribution in [0.4, 0.5) is 0 Å². The van der Waals surface area contributed by atoms with Crippen LogP contribution >= 0.6 is 27.7 Å². The molecule has 2 heterocycles. The summed E-state index contributed by atoms with van der Waals surface area (Å²) in [5, 5.41) is 4.41. The molecule has 1 aromatic heterocycles. The van der Waals surface area contributed by atoms with E-state index in [4.69, 9.17) is 0 Å². The van der Waals surface area contributed by atoms with Gasteiger partial charge in [-0.25, -0.2) is 4.98 Å². The van der Waals surface area contributed by atoms with Crippen LogP contribution in [0.5, 0.6) is 0 Å². The molecule has 0 bridgehead atoms. The van der Waals surface area contributed by atoms with Crippen molar-refractivity contribution < 1.29 is 0 Å². The number of aromatic nitrogens is 1. The summed E-state index contributed by atoms with van der Waals surface area (Å²) in [7, 11) is 0. The molecule has 14 heavy (non-hydrogen) atoms. The standard InChI is InChI=1S/C10H13BrN2S/c11-9-1-2-10(13-7-9)14-4-3-8-5-12-6-8/h1-2,7-8,12H,3-6H2. The minimum absolute atomic E-state index is 0.901. The highest BCUT2D eigenvalue weighted by Crippen LogP contribution is 2.20. The van der Waals surface area contributed by atoms with E-state index in [9.17, 15) is 0 Å². The van der Waals surface area contributed by atoms with Gasteiger partial charge in [-0.2, -0.15) is 0 Å². The molecule has 1 fully saturated rings. The zero-order valence-corrected chi connectivity index (χ0v) is 10.3. The van der Waals surface area contributed by atoms with Crippen LogP contribution in [0.15, 0.2) is 27.8 Å². The van der Waals surface area contributed by atoms with Gasteiger partial charge in [-0.05, 0) is 59.2 Å². The molecule has 0 amide bonds. The van der Waals surface area contributed by atoms with E-state index in [1.165, 1.54) is 25.3 Å². The molecule has 0 radical (unpaired) electrons. The lowest BCUT2D eigenvalue weighted by atomic mass is 10.0. The second-order valence-corrected chi connectivity index (χ2v) is 5.51. The lowest BCUT2D eigenvalue weighted by molar-refractivity contribution is 0.341. The Morgan fingerprint density at radius 1 is 1.50 bits per heavy atom. The molecule has 1 aliphatic rings. The molecule has 2 rings (SSSR count). The van der Waals surface area contributed by atoms with E-state index in [1.807, 2.05) is 24.0 Å². The first-order chi connectivity index (χ1) is 6.84. The Labute approximate surface area is 97.0 Å². The van der Waals surface area contributed by atoms with Gasteiger partial charge in [-0.3, -0.25) is 0 Å². The average Bonchev–Trinajstić information content (AvgIpc) is 2.12. The first-order valence-corrected chi connectivity index (χ1v) is 6.57. The SMILES string of the molecule is Brc1ccc(SCCC2CNC2)nc1. The van der Waals surface area contributed by atoms with E-state index in [-0.39, 0.29) is 0 Å². The van der Waals surface area contributed by atoms with Crippen molar-refractivity contribution in [2.24, 2.45) is 5.92 Å². The van der Waals surface area contributed by atoms with Crippen LogP contribution in [0.25, 0.3) is 0 Å². The molecule has 4 heteroatoms. The van der Waals surface area contributed by atoms with Crippen LogP contribution in [-0.4, -0.2) is 23.8 Å². The van der Waals surface area contributed by atoms with Crippen molar-refractivity contribution >= 4 is 27.7 Å². The molecule has 0 atom stereocenters. The zero-order valence-electron chi connectivity index (χ0n) is 7.87. The monoisotopic (exact) mass is 272 g/mol. The molecule has 1 aromatic rings. The van der Waals surface area contributed by atoms with Crippen LogP contribution in [0.3, 0.4) is 0 Å². The van der Waals surface area contributed by atoms with Crippen molar-refractivity contribution in [1.82, 2.24) is 10.3 Å². The summed E-state index contributed by atoms with van der Waals surface area (Å²) in [6, 6.07) is 4.11. The largest absolute Gasteiger partial charge is 0.316 e. The van der Waals surface area contributed by atoms with Gasteiger partial charge < -0.3 is 5.32 Å². The van der Waals surface area contributed by atoms with E-state index in [1.54, 1.807) is 0 Å². The fourth-order valence-electron chi connectivity index (χ4n) is 1.33. The molecule has 1 N–H and O–H groups in total. The molecule has 76 valence electrons. The van der Waals surface area contributed by atoms with Crippen LogP contribution in [-0.2, 0) is 0 Å². The quantitative estimate of drug-likeness (QED) is 0.853. The van der Waals surface area contributed by atoms with E-state index in [0.29, 0.717) is 0 Å². The zero-order chi connectivity index (χ0) is 9.80. The van der Waals surface area contributed by atoms with Crippen molar-refractivity contribution in [3.05, 3.63) is 22.8 Å². The first-order valence-electron chi connectivity index (χ1n) is 4.79. The highest BCUT2D eigenvalue weighted by Gasteiger charge is 2.15. The second-order valence-electron chi connectivity index (χ2n) is 3.48. The summed E-state index contributed by atoms with van der Waals surface area (Å²) in [5.74, 6) is 2.08. The van der Waals surface area contributed by atoms with Crippen molar-refractivity contribution in [1.29, 1.82) is 0 Å². The van der Waals surface area contributed by atoms with E-state index >= 15 is 0 Å². The van der Waals surface area contributed by atoms with Crippen molar-refractivity contribution in [2.75, 3.05) is 18.8 Å². The first kappa shape index (κ1) is 10.5. The highest BCUT2D eigenvalue weighted by atomic mass is 79.9. The van der Waals surface area contributed by atoms with Gasteiger partial charge in [0.05, 0.1) is 5.03 Å². The van der Waals surface area contributed by atoms with Gasteiger partial charge in [0.1, 0.15) is 0 Å². The van der Waals surface area contributed by atoms with Crippen molar-refractivity contribution in [3.63, 3.8) is 0 Å². The Hall–Kier alpha value is -0.0600. The smallest absolute Gasteiger partial charge is 0.0960 e. The van der Waals surface area contributed by atoms with Crippen LogP contribution in [0, 0.1) is 5.92 Å². The van der Waals surface area contributed by atoms with E-state index < -0.39 is 0 Å². The van der Waals surface area contributed by atoms with Crippen LogP contribution < -0.4 is 5.32 Å². The number of thioether (sulfide) groups is 1. The van der Waals surface area contributed by atoms with Crippen molar-refractivity contribution in [2.45, 2.75) is 11.4 Å². The van der Waals surface area contributed by atoms with Gasteiger partial charge in [0.2, 0.25) is 0 Å². The van der Waals surface area contributed by atoms with Gasteiger partial charge in [0.15, 0.2) is 0 Å². The minimum Gasteiger partial charge on any atom is -0.316 e. The third kappa shape index (κ3) is 2.97. The number of hydrogen-bond acceptors (Lipinski definition) is 3. The molecule has 1 aliphatic heterocycles. The minimum atomic E-state index is 0.901. The summed E-state index contributed by atoms with van der Waals surface area (Å²) in [5.41, 5.74) is 0. The Bertz CT molecular complexity index is 285. The number of rotatable bonds is 4. The Kier molecular flexibility index (Phi) is 3.84. The molecule has 0 unspecified atom stereocenters. The number of hydrogen-bond donors (Lipinski definition) is 1.